The van der Waals surface area contributed by atoms with Crippen molar-refractivity contribution in [2.45, 2.75) is 51.5 Å². The van der Waals surface area contributed by atoms with Gasteiger partial charge in [0.05, 0.1) is 5.54 Å². The molecule has 1 aromatic heterocycles. The fourth-order valence-corrected chi connectivity index (χ4v) is 4.57. The molecular formula is C19H26N2. The van der Waals surface area contributed by atoms with E-state index in [2.05, 4.69) is 48.0 Å². The van der Waals surface area contributed by atoms with Crippen LogP contribution in [0.15, 0.2) is 24.3 Å². The van der Waals surface area contributed by atoms with E-state index in [1.54, 1.807) is 5.56 Å². The lowest BCUT2D eigenvalue weighted by Gasteiger charge is -2.46. The Hall–Kier alpha value is -1.28. The number of nitrogens with one attached hydrogen (secondary N) is 1. The maximum absolute atomic E-state index is 3.79. The van der Waals surface area contributed by atoms with Crippen molar-refractivity contribution in [2.75, 3.05) is 13.1 Å². The summed E-state index contributed by atoms with van der Waals surface area (Å²) >= 11 is 0. The number of nitrogens with zero attached hydrogens (tertiary/aromatic N) is 1. The highest BCUT2D eigenvalue weighted by Gasteiger charge is 2.42. The van der Waals surface area contributed by atoms with Crippen LogP contribution in [0.5, 0.6) is 0 Å². The summed E-state index contributed by atoms with van der Waals surface area (Å²) < 4.78 is 0. The van der Waals surface area contributed by atoms with Crippen molar-refractivity contribution in [3.05, 3.63) is 35.5 Å². The summed E-state index contributed by atoms with van der Waals surface area (Å²) in [6, 6.07) is 8.85. The maximum atomic E-state index is 3.79. The molecule has 1 fully saturated rings. The Labute approximate surface area is 127 Å². The van der Waals surface area contributed by atoms with Crippen molar-refractivity contribution >= 4 is 10.9 Å². The summed E-state index contributed by atoms with van der Waals surface area (Å²) in [5.74, 6) is 0.893. The number of hydrogen-bond acceptors (Lipinski definition) is 1. The molecule has 2 heteroatoms. The molecule has 0 spiro atoms. The first-order valence-electron chi connectivity index (χ1n) is 8.57. The van der Waals surface area contributed by atoms with Crippen LogP contribution in [0.4, 0.5) is 0 Å². The van der Waals surface area contributed by atoms with Gasteiger partial charge in [-0.2, -0.15) is 0 Å². The fourth-order valence-electron chi connectivity index (χ4n) is 4.57. The zero-order valence-electron chi connectivity index (χ0n) is 13.3. The van der Waals surface area contributed by atoms with Crippen molar-refractivity contribution in [1.29, 1.82) is 0 Å². The summed E-state index contributed by atoms with van der Waals surface area (Å²) in [4.78, 5) is 6.56. The second-order valence-electron chi connectivity index (χ2n) is 7.16. The molecule has 2 aliphatic heterocycles. The zero-order chi connectivity index (χ0) is 14.4. The largest absolute Gasteiger partial charge is 0.357 e. The Bertz CT molecular complexity index is 657. The van der Waals surface area contributed by atoms with Crippen molar-refractivity contribution in [1.82, 2.24) is 9.88 Å². The van der Waals surface area contributed by atoms with Gasteiger partial charge < -0.3 is 4.98 Å². The van der Waals surface area contributed by atoms with Crippen LogP contribution in [-0.4, -0.2) is 23.0 Å². The number of rotatable bonds is 1. The molecule has 1 saturated heterocycles. The van der Waals surface area contributed by atoms with E-state index in [1.165, 1.54) is 61.8 Å². The molecule has 2 aliphatic rings. The fraction of sp³-hybridized carbons (Fsp3) is 0.579. The molecule has 0 bridgehead atoms. The number of para-hydroxylation sites is 1. The van der Waals surface area contributed by atoms with Crippen molar-refractivity contribution in [2.24, 2.45) is 5.92 Å². The van der Waals surface area contributed by atoms with Gasteiger partial charge in [-0.15, -0.1) is 0 Å². The Kier molecular flexibility index (Phi) is 3.11. The third-order valence-electron chi connectivity index (χ3n) is 6.00. The molecule has 112 valence electrons. The average molecular weight is 282 g/mol. The second-order valence-corrected chi connectivity index (χ2v) is 7.16. The van der Waals surface area contributed by atoms with Crippen LogP contribution in [0.3, 0.4) is 0 Å². The second kappa shape index (κ2) is 4.88. The predicted molar refractivity (Wildman–Crippen MR) is 88.6 cm³/mol. The minimum Gasteiger partial charge on any atom is -0.357 e. The van der Waals surface area contributed by atoms with E-state index in [-0.39, 0.29) is 5.54 Å². The summed E-state index contributed by atoms with van der Waals surface area (Å²) in [7, 11) is 0. The topological polar surface area (TPSA) is 19.0 Å². The van der Waals surface area contributed by atoms with Crippen LogP contribution < -0.4 is 0 Å². The number of aryl methyl sites for hydroxylation is 1. The molecule has 2 nitrogen and oxygen atoms in total. The molecule has 2 atom stereocenters. The Balaban J connectivity index is 1.84. The van der Waals surface area contributed by atoms with Gasteiger partial charge in [-0.1, -0.05) is 31.5 Å². The third kappa shape index (κ3) is 1.96. The van der Waals surface area contributed by atoms with E-state index < -0.39 is 0 Å². The van der Waals surface area contributed by atoms with Gasteiger partial charge in [-0.3, -0.25) is 4.90 Å². The van der Waals surface area contributed by atoms with Crippen molar-refractivity contribution < 1.29 is 0 Å². The molecule has 21 heavy (non-hydrogen) atoms. The smallest absolute Gasteiger partial charge is 0.0586 e. The van der Waals surface area contributed by atoms with Gasteiger partial charge in [0, 0.05) is 23.1 Å². The number of aromatic amines is 1. The third-order valence-corrected chi connectivity index (χ3v) is 6.00. The predicted octanol–water partition coefficient (Wildman–Crippen LogP) is 4.45. The van der Waals surface area contributed by atoms with Crippen LogP contribution >= 0.6 is 0 Å². The van der Waals surface area contributed by atoms with Gasteiger partial charge in [0.1, 0.15) is 0 Å². The number of benzene rings is 1. The molecule has 1 N–H and O–H groups in total. The van der Waals surface area contributed by atoms with Gasteiger partial charge in [-0.05, 0) is 56.7 Å². The molecule has 1 aromatic carbocycles. The molecule has 0 radical (unpaired) electrons. The van der Waals surface area contributed by atoms with Crippen LogP contribution in [0.1, 0.15) is 50.8 Å². The van der Waals surface area contributed by atoms with Crippen molar-refractivity contribution in [3.8, 4) is 0 Å². The first-order chi connectivity index (χ1) is 10.2. The molecule has 3 heterocycles. The Morgan fingerprint density at radius 1 is 1.33 bits per heavy atom. The standard InChI is InChI=1S/C19H26N2/c1-3-14-10-11-19(2)18-16(8-6-12-21(19)13-14)15-7-4-5-9-17(15)20-18/h4-5,7,9,14,20H,3,6,8,10-13H2,1-2H3/t14-,19+/m0/s1. The molecule has 0 aliphatic carbocycles. The first kappa shape index (κ1) is 13.4. The summed E-state index contributed by atoms with van der Waals surface area (Å²) in [6.45, 7) is 7.35. The molecule has 2 aromatic rings. The number of hydrogen-bond donors (Lipinski definition) is 1. The lowest BCUT2D eigenvalue weighted by atomic mass is 9.79. The normalized spacial score (nSPS) is 29.9. The molecule has 0 unspecified atom stereocenters. The summed E-state index contributed by atoms with van der Waals surface area (Å²) in [6.07, 6.45) is 6.51. The van der Waals surface area contributed by atoms with Gasteiger partial charge >= 0.3 is 0 Å². The maximum Gasteiger partial charge on any atom is 0.0586 e. The van der Waals surface area contributed by atoms with E-state index in [1.807, 2.05) is 0 Å². The number of aromatic nitrogens is 1. The Morgan fingerprint density at radius 2 is 2.19 bits per heavy atom. The highest BCUT2D eigenvalue weighted by Crippen LogP contribution is 2.44. The highest BCUT2D eigenvalue weighted by molar-refractivity contribution is 5.85. The minimum absolute atomic E-state index is 0.219. The monoisotopic (exact) mass is 282 g/mol. The lowest BCUT2D eigenvalue weighted by Crippen LogP contribution is -2.50. The molecule has 0 amide bonds. The molecule has 0 saturated carbocycles. The van der Waals surface area contributed by atoms with Gasteiger partial charge in [0.2, 0.25) is 0 Å². The average Bonchev–Trinajstić information content (AvgIpc) is 2.82. The van der Waals surface area contributed by atoms with Gasteiger partial charge in [0.15, 0.2) is 0 Å². The molecular weight excluding hydrogens is 256 g/mol. The lowest BCUT2D eigenvalue weighted by molar-refractivity contribution is 0.0283. The molecule has 4 rings (SSSR count). The minimum atomic E-state index is 0.219. The number of piperidine rings is 1. The van der Waals surface area contributed by atoms with Gasteiger partial charge in [0.25, 0.3) is 0 Å². The SMILES string of the molecule is CC[C@H]1CC[C@]2(C)c3[nH]c4ccccc4c3CCCN2C1. The van der Waals surface area contributed by atoms with E-state index in [9.17, 15) is 0 Å². The Morgan fingerprint density at radius 3 is 3.05 bits per heavy atom. The highest BCUT2D eigenvalue weighted by atomic mass is 15.2. The number of fused-ring (bicyclic) bond motifs is 5. The number of H-pyrrole nitrogens is 1. The van der Waals surface area contributed by atoms with E-state index >= 15 is 0 Å². The zero-order valence-corrected chi connectivity index (χ0v) is 13.3. The van der Waals surface area contributed by atoms with Crippen LogP contribution in [0.25, 0.3) is 10.9 Å². The van der Waals surface area contributed by atoms with Crippen LogP contribution in [0, 0.1) is 5.92 Å². The van der Waals surface area contributed by atoms with Crippen LogP contribution in [-0.2, 0) is 12.0 Å². The van der Waals surface area contributed by atoms with Crippen LogP contribution in [0.2, 0.25) is 0 Å². The van der Waals surface area contributed by atoms with Gasteiger partial charge in [-0.25, -0.2) is 0 Å². The van der Waals surface area contributed by atoms with E-state index in [4.69, 9.17) is 0 Å². The van der Waals surface area contributed by atoms with E-state index in [0.29, 0.717) is 0 Å². The van der Waals surface area contributed by atoms with Crippen molar-refractivity contribution in [3.63, 3.8) is 0 Å². The first-order valence-corrected chi connectivity index (χ1v) is 8.57. The summed E-state index contributed by atoms with van der Waals surface area (Å²) in [5.41, 5.74) is 4.64. The summed E-state index contributed by atoms with van der Waals surface area (Å²) in [5, 5.41) is 1.45. The quantitative estimate of drug-likeness (QED) is 0.818. The van der Waals surface area contributed by atoms with E-state index in [0.717, 1.165) is 5.92 Å².